The van der Waals surface area contributed by atoms with Gasteiger partial charge >= 0.3 is 0 Å². The SMILES string of the molecule is COc1ccc(Cl)cc1N([C@H](C)C(=O)Nc1ccc2c(c1)OCCO2)S(C)(=O)=O. The molecule has 0 saturated carbocycles. The van der Waals surface area contributed by atoms with Crippen molar-refractivity contribution in [3.05, 3.63) is 41.4 Å². The Morgan fingerprint density at radius 3 is 2.52 bits per heavy atom. The number of halogens is 1. The van der Waals surface area contributed by atoms with Crippen LogP contribution < -0.4 is 23.8 Å². The maximum absolute atomic E-state index is 12.9. The minimum atomic E-state index is -3.83. The number of carbonyl (C=O) groups is 1. The number of amides is 1. The maximum Gasteiger partial charge on any atom is 0.247 e. The minimum absolute atomic E-state index is 0.173. The number of hydrogen-bond donors (Lipinski definition) is 1. The Bertz CT molecular complexity index is 1030. The van der Waals surface area contributed by atoms with Crippen LogP contribution in [0, 0.1) is 0 Å². The molecular formula is C19H21ClN2O6S. The van der Waals surface area contributed by atoms with Crippen molar-refractivity contribution in [2.24, 2.45) is 0 Å². The van der Waals surface area contributed by atoms with E-state index in [9.17, 15) is 13.2 Å². The zero-order valence-electron chi connectivity index (χ0n) is 16.1. The Balaban J connectivity index is 1.90. The van der Waals surface area contributed by atoms with E-state index in [1.54, 1.807) is 30.3 Å². The van der Waals surface area contributed by atoms with Gasteiger partial charge in [-0.15, -0.1) is 0 Å². The summed E-state index contributed by atoms with van der Waals surface area (Å²) < 4.78 is 42.2. The molecule has 8 nitrogen and oxygen atoms in total. The third kappa shape index (κ3) is 4.68. The van der Waals surface area contributed by atoms with Crippen LogP contribution >= 0.6 is 11.6 Å². The molecule has 0 saturated heterocycles. The van der Waals surface area contributed by atoms with Crippen molar-refractivity contribution in [1.29, 1.82) is 0 Å². The first-order valence-electron chi connectivity index (χ1n) is 8.74. The van der Waals surface area contributed by atoms with Crippen molar-refractivity contribution in [3.8, 4) is 17.2 Å². The van der Waals surface area contributed by atoms with Crippen LogP contribution in [0.5, 0.6) is 17.2 Å². The molecule has 1 atom stereocenters. The van der Waals surface area contributed by atoms with Crippen LogP contribution in [0.25, 0.3) is 0 Å². The van der Waals surface area contributed by atoms with Crippen LogP contribution in [0.4, 0.5) is 11.4 Å². The fourth-order valence-electron chi connectivity index (χ4n) is 2.98. The lowest BCUT2D eigenvalue weighted by atomic mass is 10.2. The predicted molar refractivity (Wildman–Crippen MR) is 111 cm³/mol. The molecule has 0 aromatic heterocycles. The smallest absolute Gasteiger partial charge is 0.247 e. The van der Waals surface area contributed by atoms with E-state index in [0.717, 1.165) is 10.6 Å². The lowest BCUT2D eigenvalue weighted by Crippen LogP contribution is -2.45. The molecule has 2 aromatic carbocycles. The van der Waals surface area contributed by atoms with Gasteiger partial charge in [0.25, 0.3) is 0 Å². The Hall–Kier alpha value is -2.65. The third-order valence-electron chi connectivity index (χ3n) is 4.28. The van der Waals surface area contributed by atoms with E-state index in [0.29, 0.717) is 35.4 Å². The van der Waals surface area contributed by atoms with Gasteiger partial charge in [0.05, 0.1) is 19.1 Å². The van der Waals surface area contributed by atoms with Gasteiger partial charge < -0.3 is 19.5 Å². The molecular weight excluding hydrogens is 420 g/mol. The number of fused-ring (bicyclic) bond motifs is 1. The van der Waals surface area contributed by atoms with E-state index in [1.807, 2.05) is 0 Å². The molecule has 3 rings (SSSR count). The summed E-state index contributed by atoms with van der Waals surface area (Å²) in [7, 11) is -2.42. The molecule has 0 fully saturated rings. The zero-order valence-corrected chi connectivity index (χ0v) is 17.7. The molecule has 2 aromatic rings. The summed E-state index contributed by atoms with van der Waals surface area (Å²) in [5, 5.41) is 3.03. The number of sulfonamides is 1. The van der Waals surface area contributed by atoms with Crippen molar-refractivity contribution in [2.75, 3.05) is 36.2 Å². The molecule has 1 aliphatic heterocycles. The Morgan fingerprint density at radius 1 is 1.17 bits per heavy atom. The molecule has 1 N–H and O–H groups in total. The van der Waals surface area contributed by atoms with E-state index in [4.69, 9.17) is 25.8 Å². The number of anilines is 2. The highest BCUT2D eigenvalue weighted by Crippen LogP contribution is 2.35. The van der Waals surface area contributed by atoms with Gasteiger partial charge in [-0.1, -0.05) is 11.6 Å². The molecule has 0 unspecified atom stereocenters. The highest BCUT2D eigenvalue weighted by atomic mass is 35.5. The van der Waals surface area contributed by atoms with E-state index < -0.39 is 22.0 Å². The normalized spacial score (nSPS) is 14.1. The number of hydrogen-bond acceptors (Lipinski definition) is 6. The molecule has 156 valence electrons. The van der Waals surface area contributed by atoms with Crippen LogP contribution in [-0.4, -0.2) is 46.9 Å². The van der Waals surface area contributed by atoms with Crippen LogP contribution in [0.2, 0.25) is 5.02 Å². The second-order valence-corrected chi connectivity index (χ2v) is 8.69. The monoisotopic (exact) mass is 440 g/mol. The number of benzene rings is 2. The molecule has 0 spiro atoms. The number of methoxy groups -OCH3 is 1. The molecule has 0 radical (unpaired) electrons. The molecule has 29 heavy (non-hydrogen) atoms. The standard InChI is InChI=1S/C19H21ClN2O6S/c1-12(19(23)21-14-5-7-17-18(11-14)28-9-8-27-17)22(29(3,24)25)15-10-13(20)4-6-16(15)26-2/h4-7,10-12H,8-9H2,1-3H3,(H,21,23)/t12-/m1/s1. The number of rotatable bonds is 6. The predicted octanol–water partition coefficient (Wildman–Crippen LogP) is 2.91. The average Bonchev–Trinajstić information content (AvgIpc) is 2.67. The first-order chi connectivity index (χ1) is 13.7. The van der Waals surface area contributed by atoms with Crippen LogP contribution in [0.3, 0.4) is 0 Å². The largest absolute Gasteiger partial charge is 0.495 e. The number of carbonyl (C=O) groups excluding carboxylic acids is 1. The maximum atomic E-state index is 12.9. The quantitative estimate of drug-likeness (QED) is 0.742. The third-order valence-corrected chi connectivity index (χ3v) is 5.74. The summed E-state index contributed by atoms with van der Waals surface area (Å²) in [5.74, 6) is 0.842. The summed E-state index contributed by atoms with van der Waals surface area (Å²) in [4.78, 5) is 12.9. The van der Waals surface area contributed by atoms with Crippen molar-refractivity contribution >= 4 is 38.9 Å². The Labute approximate surface area is 174 Å². The van der Waals surface area contributed by atoms with Gasteiger partial charge in [0.15, 0.2) is 11.5 Å². The van der Waals surface area contributed by atoms with E-state index in [-0.39, 0.29) is 11.4 Å². The van der Waals surface area contributed by atoms with Gasteiger partial charge in [0.1, 0.15) is 25.0 Å². The molecule has 10 heteroatoms. The minimum Gasteiger partial charge on any atom is -0.495 e. The summed E-state index contributed by atoms with van der Waals surface area (Å²) >= 11 is 6.05. The summed E-state index contributed by atoms with van der Waals surface area (Å²) in [6, 6.07) is 8.45. The van der Waals surface area contributed by atoms with Gasteiger partial charge in [0.2, 0.25) is 15.9 Å². The first-order valence-corrected chi connectivity index (χ1v) is 11.0. The van der Waals surface area contributed by atoms with E-state index in [1.165, 1.54) is 20.1 Å². The second kappa shape index (κ2) is 8.38. The fourth-order valence-corrected chi connectivity index (χ4v) is 4.32. The van der Waals surface area contributed by atoms with Gasteiger partial charge in [-0.05, 0) is 37.3 Å². The topological polar surface area (TPSA) is 94.2 Å². The van der Waals surface area contributed by atoms with Crippen molar-refractivity contribution in [2.45, 2.75) is 13.0 Å². The number of nitrogens with zero attached hydrogens (tertiary/aromatic N) is 1. The van der Waals surface area contributed by atoms with Gasteiger partial charge in [-0.25, -0.2) is 8.42 Å². The summed E-state index contributed by atoms with van der Waals surface area (Å²) in [6.07, 6.45) is 1.02. The van der Waals surface area contributed by atoms with Crippen LogP contribution in [-0.2, 0) is 14.8 Å². The number of nitrogens with one attached hydrogen (secondary N) is 1. The Morgan fingerprint density at radius 2 is 1.86 bits per heavy atom. The molecule has 0 bridgehead atoms. The Kier molecular flexibility index (Phi) is 6.09. The lowest BCUT2D eigenvalue weighted by molar-refractivity contribution is -0.116. The fraction of sp³-hybridized carbons (Fsp3) is 0.316. The van der Waals surface area contributed by atoms with Crippen molar-refractivity contribution in [3.63, 3.8) is 0 Å². The average molecular weight is 441 g/mol. The zero-order chi connectivity index (χ0) is 21.2. The van der Waals surface area contributed by atoms with Crippen LogP contribution in [0.15, 0.2) is 36.4 Å². The molecule has 1 amide bonds. The van der Waals surface area contributed by atoms with Crippen LogP contribution in [0.1, 0.15) is 6.92 Å². The van der Waals surface area contributed by atoms with E-state index >= 15 is 0 Å². The summed E-state index contributed by atoms with van der Waals surface area (Å²) in [5.41, 5.74) is 0.630. The summed E-state index contributed by atoms with van der Waals surface area (Å²) in [6.45, 7) is 2.35. The highest BCUT2D eigenvalue weighted by Gasteiger charge is 2.31. The number of ether oxygens (including phenoxy) is 3. The second-order valence-electron chi connectivity index (χ2n) is 6.40. The first kappa shape index (κ1) is 21.1. The molecule has 1 aliphatic rings. The molecule has 1 heterocycles. The highest BCUT2D eigenvalue weighted by molar-refractivity contribution is 7.92. The molecule has 0 aliphatic carbocycles. The lowest BCUT2D eigenvalue weighted by Gasteiger charge is -2.29. The van der Waals surface area contributed by atoms with Crippen molar-refractivity contribution in [1.82, 2.24) is 0 Å². The van der Waals surface area contributed by atoms with E-state index in [2.05, 4.69) is 5.32 Å². The van der Waals surface area contributed by atoms with Gasteiger partial charge in [-0.3, -0.25) is 9.10 Å². The van der Waals surface area contributed by atoms with Gasteiger partial charge in [0, 0.05) is 16.8 Å². The van der Waals surface area contributed by atoms with Gasteiger partial charge in [-0.2, -0.15) is 0 Å². The van der Waals surface area contributed by atoms with Crippen molar-refractivity contribution < 1.29 is 27.4 Å².